The number of rotatable bonds is 9. The Morgan fingerprint density at radius 2 is 1.92 bits per heavy atom. The molecule has 1 atom stereocenters. The molecule has 2 saturated carbocycles. The number of amides is 1. The van der Waals surface area contributed by atoms with Crippen LogP contribution in [0.1, 0.15) is 53.2 Å². The number of pyridine rings is 1. The normalized spacial score (nSPS) is 16.0. The molecule has 3 aromatic rings. The van der Waals surface area contributed by atoms with Gasteiger partial charge in [-0.2, -0.15) is 0 Å². The highest BCUT2D eigenvalue weighted by Crippen LogP contribution is 2.42. The number of benzene rings is 2. The molecule has 3 N–H and O–H groups in total. The Hall–Kier alpha value is -3.59. The van der Waals surface area contributed by atoms with Gasteiger partial charge in [0.2, 0.25) is 0 Å². The third kappa shape index (κ3) is 5.62. The van der Waals surface area contributed by atoms with Crippen LogP contribution in [0.5, 0.6) is 5.75 Å². The van der Waals surface area contributed by atoms with Crippen molar-refractivity contribution in [3.05, 3.63) is 75.7 Å². The Bertz CT molecular complexity index is 1420. The summed E-state index contributed by atoms with van der Waals surface area (Å²) in [6, 6.07) is 7.88. The van der Waals surface area contributed by atoms with E-state index in [1.54, 1.807) is 18.3 Å². The summed E-state index contributed by atoms with van der Waals surface area (Å²) in [4.78, 5) is 22.0. The lowest BCUT2D eigenvalue weighted by Gasteiger charge is -2.19. The molecule has 5 rings (SSSR count). The molecule has 10 heteroatoms. The highest BCUT2D eigenvalue weighted by Gasteiger charge is 2.34. The lowest BCUT2D eigenvalue weighted by molar-refractivity contribution is 0.0949. The first-order valence-corrected chi connectivity index (χ1v) is 12.7. The molecule has 0 saturated heterocycles. The number of aromatic nitrogens is 1. The maximum atomic E-state index is 14.7. The molecular formula is C28H26ClF3N4O2. The zero-order valence-corrected chi connectivity index (χ0v) is 21.4. The summed E-state index contributed by atoms with van der Waals surface area (Å²) in [6.07, 6.45) is 5.59. The molecule has 0 unspecified atom stereocenters. The van der Waals surface area contributed by atoms with Gasteiger partial charge in [0, 0.05) is 47.1 Å². The Morgan fingerprint density at radius 1 is 1.16 bits per heavy atom. The van der Waals surface area contributed by atoms with Gasteiger partial charge in [-0.3, -0.25) is 9.79 Å². The number of nitrogens with zero attached hydrogens (tertiary/aromatic N) is 2. The number of ether oxygens (including phenoxy) is 1. The third-order valence-corrected chi connectivity index (χ3v) is 7.10. The third-order valence-electron chi connectivity index (χ3n) is 6.81. The van der Waals surface area contributed by atoms with E-state index < -0.39 is 17.5 Å². The Balaban J connectivity index is 1.38. The number of anilines is 1. The molecule has 2 fully saturated rings. The van der Waals surface area contributed by atoms with E-state index in [0.29, 0.717) is 40.4 Å². The van der Waals surface area contributed by atoms with Crippen LogP contribution in [0, 0.1) is 23.4 Å². The number of nitrogen functional groups attached to an aromatic ring is 1. The van der Waals surface area contributed by atoms with Crippen molar-refractivity contribution in [2.45, 2.75) is 37.6 Å². The fourth-order valence-electron chi connectivity index (χ4n) is 4.34. The second kappa shape index (κ2) is 10.6. The summed E-state index contributed by atoms with van der Waals surface area (Å²) in [6.45, 7) is 0.229. The fraction of sp³-hybridized carbons (Fsp3) is 0.321. The van der Waals surface area contributed by atoms with Gasteiger partial charge in [0.1, 0.15) is 28.9 Å². The van der Waals surface area contributed by atoms with E-state index in [2.05, 4.69) is 15.3 Å². The Morgan fingerprint density at radius 3 is 2.61 bits per heavy atom. The molecule has 6 nitrogen and oxygen atoms in total. The van der Waals surface area contributed by atoms with Crippen molar-refractivity contribution in [2.24, 2.45) is 10.9 Å². The minimum absolute atomic E-state index is 0.227. The summed E-state index contributed by atoms with van der Waals surface area (Å²) < 4.78 is 48.1. The number of methoxy groups -OCH3 is 1. The summed E-state index contributed by atoms with van der Waals surface area (Å²) in [7, 11) is 1.48. The molecule has 198 valence electrons. The molecule has 0 bridgehead atoms. The van der Waals surface area contributed by atoms with Crippen LogP contribution in [-0.4, -0.2) is 36.8 Å². The number of hydrogen-bond donors (Lipinski definition) is 2. The second-order valence-corrected chi connectivity index (χ2v) is 10.1. The summed E-state index contributed by atoms with van der Waals surface area (Å²) >= 11 is 5.81. The van der Waals surface area contributed by atoms with E-state index in [1.165, 1.54) is 19.2 Å². The van der Waals surface area contributed by atoms with Crippen molar-refractivity contribution < 1.29 is 22.7 Å². The predicted molar refractivity (Wildman–Crippen MR) is 140 cm³/mol. The number of nitrogens with one attached hydrogen (secondary N) is 1. The minimum atomic E-state index is -0.968. The van der Waals surface area contributed by atoms with Gasteiger partial charge in [-0.1, -0.05) is 11.6 Å². The number of carbonyl (C=O) groups excluding carboxylic acids is 1. The first-order chi connectivity index (χ1) is 18.2. The number of nitrogens with two attached hydrogens (primary N) is 1. The van der Waals surface area contributed by atoms with Gasteiger partial charge in [0.25, 0.3) is 5.91 Å². The van der Waals surface area contributed by atoms with Crippen LogP contribution in [0.4, 0.5) is 18.9 Å². The smallest absolute Gasteiger partial charge is 0.251 e. The lowest BCUT2D eigenvalue weighted by Crippen LogP contribution is -2.30. The van der Waals surface area contributed by atoms with Gasteiger partial charge in [0.05, 0.1) is 23.9 Å². The average Bonchev–Trinajstić information content (AvgIpc) is 3.82. The van der Waals surface area contributed by atoms with Gasteiger partial charge < -0.3 is 15.8 Å². The van der Waals surface area contributed by atoms with Crippen molar-refractivity contribution in [2.75, 3.05) is 19.4 Å². The van der Waals surface area contributed by atoms with Gasteiger partial charge in [-0.15, -0.1) is 0 Å². The van der Waals surface area contributed by atoms with Crippen LogP contribution in [0.2, 0.25) is 5.02 Å². The van der Waals surface area contributed by atoms with Crippen LogP contribution in [-0.2, 0) is 0 Å². The highest BCUT2D eigenvalue weighted by molar-refractivity contribution is 6.31. The lowest BCUT2D eigenvalue weighted by atomic mass is 9.97. The molecule has 1 heterocycles. The fourth-order valence-corrected chi connectivity index (χ4v) is 4.50. The quantitative estimate of drug-likeness (QED) is 0.200. The molecular weight excluding hydrogens is 517 g/mol. The molecule has 2 aromatic carbocycles. The van der Waals surface area contributed by atoms with E-state index in [4.69, 9.17) is 22.1 Å². The van der Waals surface area contributed by atoms with Crippen LogP contribution in [0.15, 0.2) is 41.4 Å². The van der Waals surface area contributed by atoms with Gasteiger partial charge >= 0.3 is 0 Å². The zero-order chi connectivity index (χ0) is 27.0. The molecule has 1 aromatic heterocycles. The van der Waals surface area contributed by atoms with E-state index >= 15 is 0 Å². The molecule has 2 aliphatic carbocycles. The summed E-state index contributed by atoms with van der Waals surface area (Å²) in [5.74, 6) is -2.64. The number of hydrogen-bond acceptors (Lipinski definition) is 5. The monoisotopic (exact) mass is 542 g/mol. The van der Waals surface area contributed by atoms with Crippen LogP contribution in [0.3, 0.4) is 0 Å². The second-order valence-electron chi connectivity index (χ2n) is 9.66. The molecule has 2 aliphatic rings. The Labute approximate surface area is 223 Å². The van der Waals surface area contributed by atoms with E-state index in [1.807, 2.05) is 0 Å². The predicted octanol–water partition coefficient (Wildman–Crippen LogP) is 5.92. The Kier molecular flexibility index (Phi) is 7.29. The average molecular weight is 543 g/mol. The van der Waals surface area contributed by atoms with Crippen molar-refractivity contribution in [1.82, 2.24) is 10.3 Å². The van der Waals surface area contributed by atoms with Gasteiger partial charge in [-0.05, 0) is 61.9 Å². The SMILES string of the molecule is COc1cc(C(=O)NC[C@H](c2ccc(F)c(-c3cc(Cl)c(F)cc3F)n2)C2CC2)cc(C=NC2CC2)c1N. The first-order valence-electron chi connectivity index (χ1n) is 12.4. The van der Waals surface area contributed by atoms with E-state index in [9.17, 15) is 18.0 Å². The first kappa shape index (κ1) is 26.0. The standard InChI is InChI=1S/C28H26ClF3N4O2/c1-38-25-9-15(8-16(26(25)33)12-34-17-4-5-17)28(37)35-13-19(14-2-3-14)24-7-6-21(30)27(36-24)18-10-20(29)23(32)11-22(18)31/h6-12,14,17,19H,2-5,13,33H2,1H3,(H,35,37)/t19-/m0/s1. The molecule has 1 amide bonds. The molecule has 38 heavy (non-hydrogen) atoms. The molecule has 0 radical (unpaired) electrons. The highest BCUT2D eigenvalue weighted by atomic mass is 35.5. The molecule has 0 spiro atoms. The van der Waals surface area contributed by atoms with E-state index in [0.717, 1.165) is 31.7 Å². The van der Waals surface area contributed by atoms with Crippen LogP contribution >= 0.6 is 11.6 Å². The molecule has 0 aliphatic heterocycles. The maximum absolute atomic E-state index is 14.7. The maximum Gasteiger partial charge on any atom is 0.251 e. The van der Waals surface area contributed by atoms with Gasteiger partial charge in [0.15, 0.2) is 0 Å². The van der Waals surface area contributed by atoms with Crippen molar-refractivity contribution in [3.63, 3.8) is 0 Å². The minimum Gasteiger partial charge on any atom is -0.495 e. The number of halogens is 4. The summed E-state index contributed by atoms with van der Waals surface area (Å²) in [5.41, 5.74) is 7.54. The zero-order valence-electron chi connectivity index (χ0n) is 20.6. The summed E-state index contributed by atoms with van der Waals surface area (Å²) in [5, 5.41) is 2.60. The number of aliphatic imine (C=N–C) groups is 1. The van der Waals surface area contributed by atoms with Crippen molar-refractivity contribution >= 4 is 29.4 Å². The van der Waals surface area contributed by atoms with Gasteiger partial charge in [-0.25, -0.2) is 18.2 Å². The van der Waals surface area contributed by atoms with Crippen molar-refractivity contribution in [1.29, 1.82) is 0 Å². The number of carbonyl (C=O) groups is 1. The van der Waals surface area contributed by atoms with Crippen LogP contribution in [0.25, 0.3) is 11.3 Å². The van der Waals surface area contributed by atoms with E-state index in [-0.39, 0.29) is 40.6 Å². The van der Waals surface area contributed by atoms with Crippen LogP contribution < -0.4 is 15.8 Å². The largest absolute Gasteiger partial charge is 0.495 e. The topological polar surface area (TPSA) is 89.6 Å². The van der Waals surface area contributed by atoms with Crippen molar-refractivity contribution in [3.8, 4) is 17.0 Å².